The van der Waals surface area contributed by atoms with Gasteiger partial charge in [0.1, 0.15) is 0 Å². The molecule has 1 radical (unpaired) electrons. The zero-order chi connectivity index (χ0) is 10.7. The standard InChI is InChI=1S/C13H9O2/c14-9-10-6-7-13(15)12(8-10)11-4-2-1-3-5-11/h1-6,8H,7H2. The van der Waals surface area contributed by atoms with Crippen LogP contribution in [0.5, 0.6) is 0 Å². The van der Waals surface area contributed by atoms with Gasteiger partial charge in [0.05, 0.1) is 0 Å². The fourth-order valence-corrected chi connectivity index (χ4v) is 1.54. The van der Waals surface area contributed by atoms with Gasteiger partial charge in [0.25, 0.3) is 0 Å². The number of carbonyl (C=O) groups excluding carboxylic acids is 2. The Balaban J connectivity index is 2.43. The first-order valence-corrected chi connectivity index (χ1v) is 4.70. The maximum atomic E-state index is 11.6. The minimum Gasteiger partial charge on any atom is -0.294 e. The molecule has 2 rings (SSSR count). The van der Waals surface area contributed by atoms with E-state index in [1.165, 1.54) is 0 Å². The summed E-state index contributed by atoms with van der Waals surface area (Å²) in [6, 6.07) is 9.34. The van der Waals surface area contributed by atoms with Gasteiger partial charge in [-0.2, -0.15) is 0 Å². The number of carbonyl (C=O) groups is 1. The molecule has 2 heteroatoms. The maximum absolute atomic E-state index is 11.6. The molecule has 15 heavy (non-hydrogen) atoms. The van der Waals surface area contributed by atoms with Gasteiger partial charge in [-0.3, -0.25) is 9.59 Å². The van der Waals surface area contributed by atoms with Crippen molar-refractivity contribution in [2.45, 2.75) is 6.42 Å². The van der Waals surface area contributed by atoms with E-state index in [1.807, 2.05) is 30.3 Å². The number of allylic oxidation sites excluding steroid dienone is 4. The van der Waals surface area contributed by atoms with Gasteiger partial charge < -0.3 is 0 Å². The van der Waals surface area contributed by atoms with E-state index in [1.54, 1.807) is 18.4 Å². The molecule has 0 aromatic heterocycles. The maximum Gasteiger partial charge on any atom is 0.233 e. The van der Waals surface area contributed by atoms with Gasteiger partial charge in [0.2, 0.25) is 6.29 Å². The van der Waals surface area contributed by atoms with Crippen LogP contribution in [0.15, 0.2) is 48.1 Å². The second-order valence-electron chi connectivity index (χ2n) is 3.31. The summed E-state index contributed by atoms with van der Waals surface area (Å²) in [6.45, 7) is 0. The van der Waals surface area contributed by atoms with Crippen LogP contribution in [-0.2, 0) is 9.59 Å². The van der Waals surface area contributed by atoms with Gasteiger partial charge >= 0.3 is 0 Å². The van der Waals surface area contributed by atoms with E-state index >= 15 is 0 Å². The van der Waals surface area contributed by atoms with Crippen LogP contribution in [0, 0.1) is 0 Å². The predicted molar refractivity (Wildman–Crippen MR) is 57.8 cm³/mol. The Kier molecular flexibility index (Phi) is 2.59. The molecule has 0 amide bonds. The normalized spacial score (nSPS) is 15.6. The number of hydrogen-bond donors (Lipinski definition) is 0. The molecule has 0 unspecified atom stereocenters. The van der Waals surface area contributed by atoms with E-state index in [-0.39, 0.29) is 12.2 Å². The third kappa shape index (κ3) is 1.94. The average Bonchev–Trinajstić information content (AvgIpc) is 2.31. The first-order valence-electron chi connectivity index (χ1n) is 4.70. The van der Waals surface area contributed by atoms with Crippen molar-refractivity contribution in [1.29, 1.82) is 0 Å². The van der Waals surface area contributed by atoms with E-state index in [0.717, 1.165) is 5.56 Å². The summed E-state index contributed by atoms with van der Waals surface area (Å²) >= 11 is 0. The molecule has 0 aliphatic heterocycles. The highest BCUT2D eigenvalue weighted by molar-refractivity contribution is 6.23. The third-order valence-electron chi connectivity index (χ3n) is 2.31. The van der Waals surface area contributed by atoms with Crippen molar-refractivity contribution in [3.8, 4) is 0 Å². The number of ketones is 1. The summed E-state index contributed by atoms with van der Waals surface area (Å²) in [6.07, 6.45) is 5.28. The Morgan fingerprint density at radius 3 is 2.53 bits per heavy atom. The van der Waals surface area contributed by atoms with Crippen LogP contribution in [0.4, 0.5) is 0 Å². The number of rotatable bonds is 2. The van der Waals surface area contributed by atoms with Crippen LogP contribution >= 0.6 is 0 Å². The predicted octanol–water partition coefficient (Wildman–Crippen LogP) is 2.08. The first kappa shape index (κ1) is 9.59. The average molecular weight is 197 g/mol. The molecule has 0 saturated heterocycles. The van der Waals surface area contributed by atoms with Gasteiger partial charge in [-0.1, -0.05) is 36.4 Å². The fourth-order valence-electron chi connectivity index (χ4n) is 1.54. The van der Waals surface area contributed by atoms with Crippen molar-refractivity contribution in [2.75, 3.05) is 0 Å². The van der Waals surface area contributed by atoms with Crippen LogP contribution in [0.2, 0.25) is 0 Å². The molecule has 0 saturated carbocycles. The lowest BCUT2D eigenvalue weighted by atomic mass is 9.93. The topological polar surface area (TPSA) is 34.1 Å². The van der Waals surface area contributed by atoms with Gasteiger partial charge in [-0.15, -0.1) is 0 Å². The SMILES string of the molecule is O=[C]C1=CCC(=O)C(c2ccccc2)=C1. The fraction of sp³-hybridized carbons (Fsp3) is 0.0769. The van der Waals surface area contributed by atoms with Crippen LogP contribution in [0.1, 0.15) is 12.0 Å². The van der Waals surface area contributed by atoms with E-state index < -0.39 is 0 Å². The smallest absolute Gasteiger partial charge is 0.233 e. The van der Waals surface area contributed by atoms with Crippen LogP contribution in [0.3, 0.4) is 0 Å². The molecule has 73 valence electrons. The summed E-state index contributed by atoms with van der Waals surface area (Å²) in [5.74, 6) is 0.0419. The van der Waals surface area contributed by atoms with Crippen molar-refractivity contribution in [3.05, 3.63) is 53.6 Å². The number of Topliss-reactive ketones (excluding diaryl/α,β-unsaturated/α-hetero) is 1. The van der Waals surface area contributed by atoms with Crippen molar-refractivity contribution in [1.82, 2.24) is 0 Å². The summed E-state index contributed by atoms with van der Waals surface area (Å²) in [5, 5.41) is 0. The molecular formula is C13H9O2. The first-order chi connectivity index (χ1) is 7.31. The highest BCUT2D eigenvalue weighted by Gasteiger charge is 2.15. The summed E-state index contributed by atoms with van der Waals surface area (Å²) in [4.78, 5) is 22.1. The monoisotopic (exact) mass is 197 g/mol. The number of hydrogen-bond acceptors (Lipinski definition) is 2. The van der Waals surface area contributed by atoms with Crippen molar-refractivity contribution >= 4 is 17.6 Å². The van der Waals surface area contributed by atoms with Gasteiger partial charge in [-0.05, 0) is 11.6 Å². The van der Waals surface area contributed by atoms with Crippen molar-refractivity contribution < 1.29 is 9.59 Å². The zero-order valence-electron chi connectivity index (χ0n) is 8.07. The Morgan fingerprint density at radius 1 is 1.13 bits per heavy atom. The molecule has 1 aliphatic rings. The molecule has 0 atom stereocenters. The molecule has 0 N–H and O–H groups in total. The van der Waals surface area contributed by atoms with Crippen molar-refractivity contribution in [2.24, 2.45) is 0 Å². The lowest BCUT2D eigenvalue weighted by Gasteiger charge is -2.09. The van der Waals surface area contributed by atoms with Crippen LogP contribution in [-0.4, -0.2) is 12.1 Å². The minimum absolute atomic E-state index is 0.0419. The highest BCUT2D eigenvalue weighted by atomic mass is 16.1. The lowest BCUT2D eigenvalue weighted by molar-refractivity contribution is -0.113. The molecule has 1 aromatic rings. The van der Waals surface area contributed by atoms with E-state index in [2.05, 4.69) is 0 Å². The molecule has 0 fully saturated rings. The van der Waals surface area contributed by atoms with E-state index in [0.29, 0.717) is 11.1 Å². The van der Waals surface area contributed by atoms with E-state index in [4.69, 9.17) is 0 Å². The number of benzene rings is 1. The molecule has 0 spiro atoms. The van der Waals surface area contributed by atoms with Gasteiger partial charge in [-0.25, -0.2) is 0 Å². The zero-order valence-corrected chi connectivity index (χ0v) is 8.07. The Morgan fingerprint density at radius 2 is 1.87 bits per heavy atom. The molecule has 1 aromatic carbocycles. The van der Waals surface area contributed by atoms with Crippen LogP contribution < -0.4 is 0 Å². The van der Waals surface area contributed by atoms with E-state index in [9.17, 15) is 9.59 Å². The second kappa shape index (κ2) is 4.05. The Hall–Kier alpha value is -1.96. The van der Waals surface area contributed by atoms with Crippen molar-refractivity contribution in [3.63, 3.8) is 0 Å². The summed E-state index contributed by atoms with van der Waals surface area (Å²) in [5.41, 5.74) is 1.90. The second-order valence-corrected chi connectivity index (χ2v) is 3.31. The molecular weight excluding hydrogens is 188 g/mol. The largest absolute Gasteiger partial charge is 0.294 e. The van der Waals surface area contributed by atoms with Gasteiger partial charge in [0, 0.05) is 17.6 Å². The van der Waals surface area contributed by atoms with Crippen LogP contribution in [0.25, 0.3) is 5.57 Å². The minimum atomic E-state index is 0.0419. The van der Waals surface area contributed by atoms with Gasteiger partial charge in [0.15, 0.2) is 5.78 Å². The summed E-state index contributed by atoms with van der Waals surface area (Å²) in [7, 11) is 0. The quantitative estimate of drug-likeness (QED) is 0.727. The molecule has 1 aliphatic carbocycles. The third-order valence-corrected chi connectivity index (χ3v) is 2.31. The Bertz CT molecular complexity index is 453. The lowest BCUT2D eigenvalue weighted by Crippen LogP contribution is -2.05. The molecule has 0 bridgehead atoms. The molecule has 0 heterocycles. The highest BCUT2D eigenvalue weighted by Crippen LogP contribution is 2.22. The summed E-state index contributed by atoms with van der Waals surface area (Å²) < 4.78 is 0. The Labute approximate surface area is 87.9 Å². The molecule has 2 nitrogen and oxygen atoms in total.